The Balaban J connectivity index is 3.16. The number of nitrogen functional groups attached to an aromatic ring is 1. The Kier molecular flexibility index (Phi) is 3.58. The molecular formula is C13H20N2O. The second-order valence-electron chi connectivity index (χ2n) is 4.58. The zero-order valence-corrected chi connectivity index (χ0v) is 10.4. The molecular weight excluding hydrogens is 200 g/mol. The number of ether oxygens (including phenoxy) is 1. The number of amidine groups is 1. The molecule has 0 spiro atoms. The van der Waals surface area contributed by atoms with Crippen molar-refractivity contribution in [1.29, 1.82) is 5.41 Å². The molecule has 1 aromatic rings. The van der Waals surface area contributed by atoms with Crippen LogP contribution in [0.3, 0.4) is 0 Å². The van der Waals surface area contributed by atoms with E-state index in [2.05, 4.69) is 6.92 Å². The highest BCUT2D eigenvalue weighted by molar-refractivity contribution is 5.98. The molecule has 1 aromatic carbocycles. The molecule has 0 bridgehead atoms. The van der Waals surface area contributed by atoms with Gasteiger partial charge in [-0.05, 0) is 38.8 Å². The molecule has 88 valence electrons. The number of para-hydroxylation sites is 1. The number of aryl methyl sites for hydroxylation is 1. The molecule has 0 atom stereocenters. The highest BCUT2D eigenvalue weighted by Gasteiger charge is 2.20. The number of hydrogen-bond donors (Lipinski definition) is 2. The van der Waals surface area contributed by atoms with Gasteiger partial charge in [0.05, 0.1) is 5.56 Å². The van der Waals surface area contributed by atoms with Crippen molar-refractivity contribution in [3.63, 3.8) is 0 Å². The lowest BCUT2D eigenvalue weighted by Crippen LogP contribution is -2.28. The maximum Gasteiger partial charge on any atom is 0.133 e. The van der Waals surface area contributed by atoms with Crippen LogP contribution in [0.25, 0.3) is 0 Å². The van der Waals surface area contributed by atoms with Crippen LogP contribution in [0.2, 0.25) is 0 Å². The number of benzene rings is 1. The molecule has 3 nitrogen and oxygen atoms in total. The Labute approximate surface area is 97.1 Å². The fraction of sp³-hybridized carbons (Fsp3) is 0.462. The van der Waals surface area contributed by atoms with Crippen LogP contribution in [0.1, 0.15) is 38.3 Å². The first-order chi connectivity index (χ1) is 7.37. The van der Waals surface area contributed by atoms with Crippen LogP contribution < -0.4 is 10.5 Å². The van der Waals surface area contributed by atoms with Crippen LogP contribution >= 0.6 is 0 Å². The van der Waals surface area contributed by atoms with Crippen molar-refractivity contribution in [3.8, 4) is 5.75 Å². The normalized spacial score (nSPS) is 11.2. The van der Waals surface area contributed by atoms with Crippen molar-refractivity contribution >= 4 is 5.84 Å². The molecule has 0 aliphatic heterocycles. The average molecular weight is 220 g/mol. The largest absolute Gasteiger partial charge is 0.487 e. The molecule has 0 heterocycles. The highest BCUT2D eigenvalue weighted by atomic mass is 16.5. The van der Waals surface area contributed by atoms with Gasteiger partial charge in [0, 0.05) is 0 Å². The van der Waals surface area contributed by atoms with E-state index in [1.165, 1.54) is 0 Å². The highest BCUT2D eigenvalue weighted by Crippen LogP contribution is 2.28. The van der Waals surface area contributed by atoms with Gasteiger partial charge in [-0.25, -0.2) is 0 Å². The Hall–Kier alpha value is -1.51. The summed E-state index contributed by atoms with van der Waals surface area (Å²) in [4.78, 5) is 0. The Morgan fingerprint density at radius 3 is 2.56 bits per heavy atom. The van der Waals surface area contributed by atoms with Crippen molar-refractivity contribution in [2.75, 3.05) is 0 Å². The van der Waals surface area contributed by atoms with E-state index in [0.29, 0.717) is 5.56 Å². The van der Waals surface area contributed by atoms with E-state index in [-0.39, 0.29) is 11.4 Å². The lowest BCUT2D eigenvalue weighted by molar-refractivity contribution is 0.104. The Morgan fingerprint density at radius 2 is 2.06 bits per heavy atom. The van der Waals surface area contributed by atoms with Crippen molar-refractivity contribution < 1.29 is 4.74 Å². The summed E-state index contributed by atoms with van der Waals surface area (Å²) in [5.74, 6) is 0.771. The van der Waals surface area contributed by atoms with Gasteiger partial charge in [0.25, 0.3) is 0 Å². The Morgan fingerprint density at radius 1 is 1.44 bits per heavy atom. The van der Waals surface area contributed by atoms with Crippen molar-refractivity contribution in [3.05, 3.63) is 29.3 Å². The first-order valence-electron chi connectivity index (χ1n) is 5.50. The maximum absolute atomic E-state index is 7.54. The topological polar surface area (TPSA) is 59.1 Å². The van der Waals surface area contributed by atoms with Crippen LogP contribution in [0, 0.1) is 12.3 Å². The van der Waals surface area contributed by atoms with Crippen LogP contribution in [-0.4, -0.2) is 11.4 Å². The van der Waals surface area contributed by atoms with E-state index >= 15 is 0 Å². The van der Waals surface area contributed by atoms with Gasteiger partial charge in [0.2, 0.25) is 0 Å². The molecule has 3 N–H and O–H groups in total. The molecule has 0 aromatic heterocycles. The van der Waals surface area contributed by atoms with Gasteiger partial charge in [0.15, 0.2) is 0 Å². The van der Waals surface area contributed by atoms with Crippen molar-refractivity contribution in [2.45, 2.75) is 39.7 Å². The molecule has 0 unspecified atom stereocenters. The Bertz CT molecular complexity index is 397. The van der Waals surface area contributed by atoms with Crippen LogP contribution in [0.4, 0.5) is 0 Å². The molecule has 3 heteroatoms. The second-order valence-corrected chi connectivity index (χ2v) is 4.58. The SMILES string of the molecule is CCC(C)(C)Oc1c(C)cccc1C(=N)N. The number of nitrogens with one attached hydrogen (secondary N) is 1. The van der Waals surface area contributed by atoms with E-state index < -0.39 is 0 Å². The molecule has 16 heavy (non-hydrogen) atoms. The standard InChI is InChI=1S/C13H20N2O/c1-5-13(3,4)16-11-9(2)7-6-8-10(11)12(14)15/h6-8H,5H2,1-4H3,(H3,14,15). The molecule has 0 aliphatic rings. The lowest BCUT2D eigenvalue weighted by Gasteiger charge is -2.27. The minimum absolute atomic E-state index is 0.0469. The predicted octanol–water partition coefficient (Wildman–Crippen LogP) is 2.85. The minimum Gasteiger partial charge on any atom is -0.487 e. The first-order valence-corrected chi connectivity index (χ1v) is 5.50. The fourth-order valence-electron chi connectivity index (χ4n) is 1.35. The van der Waals surface area contributed by atoms with Gasteiger partial charge in [0.1, 0.15) is 17.2 Å². The number of hydrogen-bond acceptors (Lipinski definition) is 2. The lowest BCUT2D eigenvalue weighted by atomic mass is 10.0. The van der Waals surface area contributed by atoms with E-state index in [4.69, 9.17) is 15.9 Å². The van der Waals surface area contributed by atoms with Crippen LogP contribution in [-0.2, 0) is 0 Å². The zero-order valence-electron chi connectivity index (χ0n) is 10.4. The smallest absolute Gasteiger partial charge is 0.133 e. The van der Waals surface area contributed by atoms with Gasteiger partial charge in [-0.3, -0.25) is 5.41 Å². The summed E-state index contributed by atoms with van der Waals surface area (Å²) in [6.45, 7) is 8.10. The van der Waals surface area contributed by atoms with Gasteiger partial charge in [-0.1, -0.05) is 19.1 Å². The second kappa shape index (κ2) is 4.56. The van der Waals surface area contributed by atoms with Gasteiger partial charge < -0.3 is 10.5 Å². The quantitative estimate of drug-likeness (QED) is 0.605. The molecule has 0 saturated carbocycles. The average Bonchev–Trinajstić information content (AvgIpc) is 2.20. The van der Waals surface area contributed by atoms with Crippen LogP contribution in [0.15, 0.2) is 18.2 Å². The minimum atomic E-state index is -0.240. The van der Waals surface area contributed by atoms with Gasteiger partial charge in [-0.15, -0.1) is 0 Å². The molecule has 0 saturated heterocycles. The summed E-state index contributed by atoms with van der Waals surface area (Å²) in [5.41, 5.74) is 6.98. The summed E-state index contributed by atoms with van der Waals surface area (Å²) < 4.78 is 5.95. The van der Waals surface area contributed by atoms with Crippen LogP contribution in [0.5, 0.6) is 5.75 Å². The number of rotatable bonds is 4. The summed E-state index contributed by atoms with van der Waals surface area (Å²) in [5, 5.41) is 7.54. The maximum atomic E-state index is 7.54. The summed E-state index contributed by atoms with van der Waals surface area (Å²) in [7, 11) is 0. The number of nitrogens with two attached hydrogens (primary N) is 1. The first kappa shape index (κ1) is 12.6. The molecule has 0 aliphatic carbocycles. The third kappa shape index (κ3) is 2.75. The zero-order chi connectivity index (χ0) is 12.3. The van der Waals surface area contributed by atoms with Gasteiger partial charge >= 0.3 is 0 Å². The third-order valence-electron chi connectivity index (χ3n) is 2.73. The van der Waals surface area contributed by atoms with Gasteiger partial charge in [-0.2, -0.15) is 0 Å². The van der Waals surface area contributed by atoms with Crippen molar-refractivity contribution in [1.82, 2.24) is 0 Å². The van der Waals surface area contributed by atoms with Crippen molar-refractivity contribution in [2.24, 2.45) is 5.73 Å². The third-order valence-corrected chi connectivity index (χ3v) is 2.73. The predicted molar refractivity (Wildman–Crippen MR) is 67.2 cm³/mol. The summed E-state index contributed by atoms with van der Waals surface area (Å²) >= 11 is 0. The monoisotopic (exact) mass is 220 g/mol. The van der Waals surface area contributed by atoms with E-state index in [0.717, 1.165) is 17.7 Å². The molecule has 0 amide bonds. The summed E-state index contributed by atoms with van der Waals surface area (Å²) in [6.07, 6.45) is 0.901. The van der Waals surface area contributed by atoms with E-state index in [1.807, 2.05) is 39.0 Å². The van der Waals surface area contributed by atoms with E-state index in [9.17, 15) is 0 Å². The molecule has 0 fully saturated rings. The van der Waals surface area contributed by atoms with E-state index in [1.54, 1.807) is 0 Å². The fourth-order valence-corrected chi connectivity index (χ4v) is 1.35. The molecule has 0 radical (unpaired) electrons. The summed E-state index contributed by atoms with van der Waals surface area (Å²) in [6, 6.07) is 5.67. The molecule has 1 rings (SSSR count).